The number of benzene rings is 4. The van der Waals surface area contributed by atoms with E-state index in [0.717, 1.165) is 28.8 Å². The lowest BCUT2D eigenvalue weighted by Crippen LogP contribution is -2.46. The monoisotopic (exact) mass is 531 g/mol. The molecule has 7 heteroatoms. The molecule has 0 aliphatic heterocycles. The van der Waals surface area contributed by atoms with Gasteiger partial charge in [0.15, 0.2) is 0 Å². The molecule has 4 nitrogen and oxygen atoms in total. The zero-order valence-corrected chi connectivity index (χ0v) is 21.3. The van der Waals surface area contributed by atoms with E-state index >= 15 is 0 Å². The molecule has 0 heterocycles. The first-order valence-corrected chi connectivity index (χ1v) is 12.4. The maximum Gasteiger partial charge on any atom is 0.416 e. The quantitative estimate of drug-likeness (QED) is 0.203. The number of carbonyl (C=O) groups is 2. The highest BCUT2D eigenvalue weighted by molar-refractivity contribution is 5.86. The lowest BCUT2D eigenvalue weighted by atomic mass is 9.67. The first-order chi connectivity index (χ1) is 18.7. The summed E-state index contributed by atoms with van der Waals surface area (Å²) in [6.07, 6.45) is -4.74. The molecule has 1 N–H and O–H groups in total. The summed E-state index contributed by atoms with van der Waals surface area (Å²) in [4.78, 5) is 26.4. The standard InChI is InChI=1S/C32H28F3NO3/c1-39-30(38)28(21-23-12-11-19-27(20-23)32(33,34)35)36-29(37)22-31(24-13-5-2-6-14-24,25-15-7-3-8-16-25)26-17-9-4-10-18-26/h2-20,28H,21-22H2,1H3,(H,36,37)/t28-/m1/s1. The molecule has 0 aliphatic rings. The van der Waals surface area contributed by atoms with E-state index in [4.69, 9.17) is 4.74 Å². The third-order valence-corrected chi connectivity index (χ3v) is 6.74. The summed E-state index contributed by atoms with van der Waals surface area (Å²) in [7, 11) is 1.18. The predicted molar refractivity (Wildman–Crippen MR) is 143 cm³/mol. The fourth-order valence-electron chi connectivity index (χ4n) is 4.91. The second kappa shape index (κ2) is 12.0. The van der Waals surface area contributed by atoms with Gasteiger partial charge in [-0.05, 0) is 28.3 Å². The van der Waals surface area contributed by atoms with Crippen molar-refractivity contribution in [3.8, 4) is 0 Å². The van der Waals surface area contributed by atoms with E-state index in [9.17, 15) is 22.8 Å². The van der Waals surface area contributed by atoms with Crippen LogP contribution in [0.25, 0.3) is 0 Å². The van der Waals surface area contributed by atoms with Gasteiger partial charge in [-0.2, -0.15) is 13.2 Å². The fourth-order valence-corrected chi connectivity index (χ4v) is 4.91. The molecule has 4 aromatic rings. The first-order valence-electron chi connectivity index (χ1n) is 12.4. The SMILES string of the molecule is COC(=O)[C@@H](Cc1cccc(C(F)(F)F)c1)NC(=O)CC(c1ccccc1)(c1ccccc1)c1ccccc1. The minimum absolute atomic E-state index is 0.0544. The minimum atomic E-state index is -4.53. The number of carbonyl (C=O) groups excluding carboxylic acids is 2. The molecule has 0 unspecified atom stereocenters. The Morgan fingerprint density at radius 3 is 1.62 bits per heavy atom. The van der Waals surface area contributed by atoms with Crippen molar-refractivity contribution in [2.75, 3.05) is 7.11 Å². The van der Waals surface area contributed by atoms with Crippen molar-refractivity contribution in [3.05, 3.63) is 143 Å². The number of methoxy groups -OCH3 is 1. The van der Waals surface area contributed by atoms with E-state index in [0.29, 0.717) is 0 Å². The fraction of sp³-hybridized carbons (Fsp3) is 0.188. The van der Waals surface area contributed by atoms with Crippen molar-refractivity contribution in [2.45, 2.75) is 30.5 Å². The molecule has 200 valence electrons. The number of alkyl halides is 3. The lowest BCUT2D eigenvalue weighted by Gasteiger charge is -2.36. The maximum absolute atomic E-state index is 13.7. The van der Waals surface area contributed by atoms with E-state index in [1.807, 2.05) is 91.0 Å². The van der Waals surface area contributed by atoms with Crippen LogP contribution in [0.1, 0.15) is 34.2 Å². The van der Waals surface area contributed by atoms with Gasteiger partial charge in [-0.25, -0.2) is 4.79 Å². The van der Waals surface area contributed by atoms with E-state index < -0.39 is 35.1 Å². The number of rotatable bonds is 9. The Labute approximate surface area is 225 Å². The second-order valence-electron chi connectivity index (χ2n) is 9.23. The van der Waals surface area contributed by atoms with Gasteiger partial charge in [-0.1, -0.05) is 109 Å². The van der Waals surface area contributed by atoms with Crippen molar-refractivity contribution in [2.24, 2.45) is 0 Å². The molecular weight excluding hydrogens is 503 g/mol. The van der Waals surface area contributed by atoms with E-state index in [1.165, 1.54) is 19.2 Å². The highest BCUT2D eigenvalue weighted by atomic mass is 19.4. The lowest BCUT2D eigenvalue weighted by molar-refractivity contribution is -0.145. The van der Waals surface area contributed by atoms with Crippen molar-refractivity contribution in [1.82, 2.24) is 5.32 Å². The summed E-state index contributed by atoms with van der Waals surface area (Å²) < 4.78 is 44.6. The Morgan fingerprint density at radius 1 is 0.718 bits per heavy atom. The molecule has 1 amide bonds. The molecule has 1 atom stereocenters. The predicted octanol–water partition coefficient (Wildman–Crippen LogP) is 6.33. The molecule has 39 heavy (non-hydrogen) atoms. The normalized spacial score (nSPS) is 12.4. The number of nitrogens with one attached hydrogen (secondary N) is 1. The highest BCUT2D eigenvalue weighted by Crippen LogP contribution is 2.42. The number of esters is 1. The summed E-state index contributed by atoms with van der Waals surface area (Å²) in [5.41, 5.74) is 1.16. The van der Waals surface area contributed by atoms with Gasteiger partial charge in [0.25, 0.3) is 0 Å². The number of halogens is 3. The average molecular weight is 532 g/mol. The van der Waals surface area contributed by atoms with E-state index in [-0.39, 0.29) is 18.4 Å². The molecule has 0 aromatic heterocycles. The number of ether oxygens (including phenoxy) is 1. The van der Waals surface area contributed by atoms with Crippen LogP contribution in [0.4, 0.5) is 13.2 Å². The van der Waals surface area contributed by atoms with E-state index in [2.05, 4.69) is 5.32 Å². The highest BCUT2D eigenvalue weighted by Gasteiger charge is 2.39. The first kappa shape index (κ1) is 27.6. The van der Waals surface area contributed by atoms with E-state index in [1.54, 1.807) is 0 Å². The molecule has 0 aliphatic carbocycles. The average Bonchev–Trinajstić information content (AvgIpc) is 2.96. The van der Waals surface area contributed by atoms with Crippen LogP contribution in [0.5, 0.6) is 0 Å². The maximum atomic E-state index is 13.7. The van der Waals surface area contributed by atoms with Crippen LogP contribution in [0.3, 0.4) is 0 Å². The van der Waals surface area contributed by atoms with Crippen molar-refractivity contribution < 1.29 is 27.5 Å². The molecule has 0 fully saturated rings. The third kappa shape index (κ3) is 6.37. The van der Waals surface area contributed by atoms with Gasteiger partial charge < -0.3 is 10.1 Å². The van der Waals surface area contributed by atoms with Crippen molar-refractivity contribution >= 4 is 11.9 Å². The zero-order chi connectivity index (χ0) is 27.9. The molecule has 0 saturated carbocycles. The Kier molecular flexibility index (Phi) is 8.49. The molecule has 0 radical (unpaired) electrons. The topological polar surface area (TPSA) is 55.4 Å². The number of hydrogen-bond donors (Lipinski definition) is 1. The zero-order valence-electron chi connectivity index (χ0n) is 21.3. The minimum Gasteiger partial charge on any atom is -0.467 e. The van der Waals surface area contributed by atoms with Crippen LogP contribution in [0.2, 0.25) is 0 Å². The van der Waals surface area contributed by atoms with Crippen LogP contribution >= 0.6 is 0 Å². The molecule has 0 spiro atoms. The third-order valence-electron chi connectivity index (χ3n) is 6.74. The molecular formula is C32H28F3NO3. The van der Waals surface area contributed by atoms with Gasteiger partial charge in [-0.3, -0.25) is 4.79 Å². The van der Waals surface area contributed by atoms with Crippen LogP contribution in [-0.2, 0) is 32.3 Å². The van der Waals surface area contributed by atoms with Gasteiger partial charge >= 0.3 is 12.1 Å². The summed E-state index contributed by atoms with van der Waals surface area (Å²) in [6.45, 7) is 0. The second-order valence-corrected chi connectivity index (χ2v) is 9.23. The van der Waals surface area contributed by atoms with Gasteiger partial charge in [-0.15, -0.1) is 0 Å². The van der Waals surface area contributed by atoms with Gasteiger partial charge in [0, 0.05) is 12.8 Å². The summed E-state index contributed by atoms with van der Waals surface area (Å²) >= 11 is 0. The number of amides is 1. The van der Waals surface area contributed by atoms with Crippen LogP contribution < -0.4 is 5.32 Å². The Hall–Kier alpha value is -4.39. The molecule has 4 rings (SSSR count). The van der Waals surface area contributed by atoms with Crippen molar-refractivity contribution in [1.29, 1.82) is 0 Å². The van der Waals surface area contributed by atoms with Gasteiger partial charge in [0.1, 0.15) is 6.04 Å². The Balaban J connectivity index is 1.71. The van der Waals surface area contributed by atoms with Crippen LogP contribution in [0, 0.1) is 0 Å². The van der Waals surface area contributed by atoms with Crippen molar-refractivity contribution in [3.63, 3.8) is 0 Å². The Morgan fingerprint density at radius 2 is 1.18 bits per heavy atom. The van der Waals surface area contributed by atoms with Crippen LogP contribution in [0.15, 0.2) is 115 Å². The summed E-state index contributed by atoms with van der Waals surface area (Å²) in [6, 6.07) is 32.3. The summed E-state index contributed by atoms with van der Waals surface area (Å²) in [5.74, 6) is -1.19. The summed E-state index contributed by atoms with van der Waals surface area (Å²) in [5, 5.41) is 2.74. The largest absolute Gasteiger partial charge is 0.467 e. The molecule has 0 bridgehead atoms. The van der Waals surface area contributed by atoms with Gasteiger partial charge in [0.05, 0.1) is 18.1 Å². The number of hydrogen-bond acceptors (Lipinski definition) is 3. The van der Waals surface area contributed by atoms with Crippen LogP contribution in [-0.4, -0.2) is 25.0 Å². The van der Waals surface area contributed by atoms with Gasteiger partial charge in [0.2, 0.25) is 5.91 Å². The molecule has 4 aromatic carbocycles. The smallest absolute Gasteiger partial charge is 0.416 e. The molecule has 0 saturated heterocycles. The Bertz CT molecular complexity index is 1290.